The van der Waals surface area contributed by atoms with Gasteiger partial charge in [0.15, 0.2) is 0 Å². The molecule has 0 unspecified atom stereocenters. The number of Topliss-reactive ketones (excluding diaryl/α,β-unsaturated/α-hetero) is 1. The second kappa shape index (κ2) is 3.06. The summed E-state index contributed by atoms with van der Waals surface area (Å²) in [6.45, 7) is 1.56. The van der Waals surface area contributed by atoms with Crippen molar-refractivity contribution in [2.45, 2.75) is 13.3 Å². The van der Waals surface area contributed by atoms with Gasteiger partial charge in [-0.25, -0.2) is 0 Å². The van der Waals surface area contributed by atoms with Gasteiger partial charge in [-0.1, -0.05) is 0 Å². The van der Waals surface area contributed by atoms with Crippen LogP contribution in [0.1, 0.15) is 12.5 Å². The zero-order chi connectivity index (χ0) is 7.40. The van der Waals surface area contributed by atoms with Gasteiger partial charge < -0.3 is 0 Å². The van der Waals surface area contributed by atoms with E-state index >= 15 is 0 Å². The smallest absolute Gasteiger partial charge is 0.134 e. The average molecular weight is 136 g/mol. The van der Waals surface area contributed by atoms with E-state index in [1.54, 1.807) is 25.4 Å². The molecule has 0 saturated heterocycles. The number of carbonyl (C=O) groups is 1. The van der Waals surface area contributed by atoms with Crippen molar-refractivity contribution in [2.75, 3.05) is 0 Å². The Hall–Kier alpha value is -1.25. The van der Waals surface area contributed by atoms with Crippen LogP contribution in [-0.4, -0.2) is 16.0 Å². The van der Waals surface area contributed by atoms with Crippen molar-refractivity contribution in [1.82, 2.24) is 10.2 Å². The summed E-state index contributed by atoms with van der Waals surface area (Å²) < 4.78 is 0. The average Bonchev–Trinajstić information content (AvgIpc) is 1.88. The van der Waals surface area contributed by atoms with Crippen molar-refractivity contribution < 1.29 is 4.79 Å². The second-order valence-corrected chi connectivity index (χ2v) is 2.13. The summed E-state index contributed by atoms with van der Waals surface area (Å²) in [6, 6.07) is 1.79. The van der Waals surface area contributed by atoms with E-state index < -0.39 is 0 Å². The highest BCUT2D eigenvalue weighted by molar-refractivity contribution is 5.77. The first kappa shape index (κ1) is 6.86. The van der Waals surface area contributed by atoms with Crippen LogP contribution in [0.3, 0.4) is 0 Å². The van der Waals surface area contributed by atoms with E-state index in [2.05, 4.69) is 10.2 Å². The molecule has 1 heterocycles. The Labute approximate surface area is 59.1 Å². The van der Waals surface area contributed by atoms with Crippen LogP contribution in [0.15, 0.2) is 18.5 Å². The molecule has 0 saturated carbocycles. The minimum absolute atomic E-state index is 0.146. The molecule has 1 aromatic rings. The van der Waals surface area contributed by atoms with Gasteiger partial charge >= 0.3 is 0 Å². The highest BCUT2D eigenvalue weighted by atomic mass is 16.1. The first-order valence-electron chi connectivity index (χ1n) is 3.04. The minimum Gasteiger partial charge on any atom is -0.300 e. The molecule has 10 heavy (non-hydrogen) atoms. The van der Waals surface area contributed by atoms with Crippen molar-refractivity contribution in [3.63, 3.8) is 0 Å². The first-order chi connectivity index (χ1) is 4.79. The Balaban J connectivity index is 2.67. The maximum atomic E-state index is 10.6. The predicted molar refractivity (Wildman–Crippen MR) is 36.4 cm³/mol. The quantitative estimate of drug-likeness (QED) is 0.598. The lowest BCUT2D eigenvalue weighted by molar-refractivity contribution is -0.116. The molecule has 0 aliphatic heterocycles. The highest BCUT2D eigenvalue weighted by Crippen LogP contribution is 1.94. The predicted octanol–water partition coefficient (Wildman–Crippen LogP) is 0.608. The van der Waals surface area contributed by atoms with Gasteiger partial charge in [-0.2, -0.15) is 10.2 Å². The van der Waals surface area contributed by atoms with Gasteiger partial charge in [-0.05, 0) is 18.6 Å². The van der Waals surface area contributed by atoms with Crippen molar-refractivity contribution in [1.29, 1.82) is 0 Å². The largest absolute Gasteiger partial charge is 0.300 e. The second-order valence-electron chi connectivity index (χ2n) is 2.13. The number of hydrogen-bond acceptors (Lipinski definition) is 3. The Morgan fingerprint density at radius 1 is 1.60 bits per heavy atom. The zero-order valence-electron chi connectivity index (χ0n) is 5.74. The monoisotopic (exact) mass is 136 g/mol. The number of ketones is 1. The molecule has 0 bridgehead atoms. The molecule has 0 amide bonds. The third-order valence-corrected chi connectivity index (χ3v) is 1.10. The lowest BCUT2D eigenvalue weighted by Crippen LogP contribution is -1.96. The molecule has 0 aliphatic rings. The molecule has 1 aromatic heterocycles. The molecule has 0 radical (unpaired) electrons. The van der Waals surface area contributed by atoms with Crippen LogP contribution in [0.5, 0.6) is 0 Å². The van der Waals surface area contributed by atoms with Crippen molar-refractivity contribution >= 4 is 5.78 Å². The van der Waals surface area contributed by atoms with E-state index in [1.165, 1.54) is 0 Å². The number of aromatic nitrogens is 2. The Kier molecular flexibility index (Phi) is 2.10. The molecule has 3 nitrogen and oxygen atoms in total. The maximum Gasteiger partial charge on any atom is 0.134 e. The lowest BCUT2D eigenvalue weighted by atomic mass is 10.2. The summed E-state index contributed by atoms with van der Waals surface area (Å²) in [7, 11) is 0. The van der Waals surface area contributed by atoms with Crippen LogP contribution < -0.4 is 0 Å². The van der Waals surface area contributed by atoms with E-state index in [0.29, 0.717) is 6.42 Å². The van der Waals surface area contributed by atoms with E-state index in [1.807, 2.05) is 0 Å². The summed E-state index contributed by atoms with van der Waals surface area (Å²) >= 11 is 0. The third kappa shape index (κ3) is 1.93. The molecule has 0 fully saturated rings. The van der Waals surface area contributed by atoms with Gasteiger partial charge in [0.1, 0.15) is 5.78 Å². The standard InChI is InChI=1S/C7H8N2O/c1-6(10)4-7-2-3-8-9-5-7/h2-3,5H,4H2,1H3. The normalized spacial score (nSPS) is 9.30. The van der Waals surface area contributed by atoms with Crippen LogP contribution in [0.25, 0.3) is 0 Å². The summed E-state index contributed by atoms with van der Waals surface area (Å²) in [4.78, 5) is 10.6. The SMILES string of the molecule is CC(=O)Cc1ccnnc1. The molecular weight excluding hydrogens is 128 g/mol. The maximum absolute atomic E-state index is 10.6. The molecule has 52 valence electrons. The van der Waals surface area contributed by atoms with Gasteiger partial charge in [0.2, 0.25) is 0 Å². The Bertz CT molecular complexity index is 220. The van der Waals surface area contributed by atoms with Gasteiger partial charge in [0.05, 0.1) is 6.20 Å². The van der Waals surface area contributed by atoms with Gasteiger partial charge in [0.25, 0.3) is 0 Å². The fourth-order valence-corrected chi connectivity index (χ4v) is 0.710. The van der Waals surface area contributed by atoms with E-state index in [0.717, 1.165) is 5.56 Å². The van der Waals surface area contributed by atoms with Crippen LogP contribution in [0, 0.1) is 0 Å². The molecule has 0 N–H and O–H groups in total. The molecule has 0 spiro atoms. The van der Waals surface area contributed by atoms with Crippen molar-refractivity contribution in [3.05, 3.63) is 24.0 Å². The van der Waals surface area contributed by atoms with Gasteiger partial charge in [0, 0.05) is 12.6 Å². The molecular formula is C7H8N2O. The number of carbonyl (C=O) groups excluding carboxylic acids is 1. The molecule has 0 aromatic carbocycles. The van der Waals surface area contributed by atoms with Crippen LogP contribution in [0.2, 0.25) is 0 Å². The summed E-state index contributed by atoms with van der Waals surface area (Å²) in [5, 5.41) is 7.23. The topological polar surface area (TPSA) is 42.9 Å². The number of rotatable bonds is 2. The summed E-state index contributed by atoms with van der Waals surface area (Å²) in [6.07, 6.45) is 3.63. The van der Waals surface area contributed by atoms with E-state index in [-0.39, 0.29) is 5.78 Å². The molecule has 0 aliphatic carbocycles. The third-order valence-electron chi connectivity index (χ3n) is 1.10. The Morgan fingerprint density at radius 3 is 2.90 bits per heavy atom. The molecule has 1 rings (SSSR count). The first-order valence-corrected chi connectivity index (χ1v) is 3.04. The van der Waals surface area contributed by atoms with Crippen molar-refractivity contribution in [2.24, 2.45) is 0 Å². The van der Waals surface area contributed by atoms with E-state index in [9.17, 15) is 4.79 Å². The molecule has 3 heteroatoms. The minimum atomic E-state index is 0.146. The van der Waals surface area contributed by atoms with Crippen LogP contribution >= 0.6 is 0 Å². The van der Waals surface area contributed by atoms with Crippen molar-refractivity contribution in [3.8, 4) is 0 Å². The van der Waals surface area contributed by atoms with Gasteiger partial charge in [-0.3, -0.25) is 4.79 Å². The molecule has 0 atom stereocenters. The van der Waals surface area contributed by atoms with Crippen LogP contribution in [0.4, 0.5) is 0 Å². The fourth-order valence-electron chi connectivity index (χ4n) is 0.710. The van der Waals surface area contributed by atoms with Gasteiger partial charge in [-0.15, -0.1) is 0 Å². The summed E-state index contributed by atoms with van der Waals surface area (Å²) in [5.41, 5.74) is 0.919. The zero-order valence-corrected chi connectivity index (χ0v) is 5.74. The lowest BCUT2D eigenvalue weighted by Gasteiger charge is -1.92. The number of hydrogen-bond donors (Lipinski definition) is 0. The highest BCUT2D eigenvalue weighted by Gasteiger charge is 1.94. The van der Waals surface area contributed by atoms with Crippen LogP contribution in [-0.2, 0) is 11.2 Å². The Morgan fingerprint density at radius 2 is 2.40 bits per heavy atom. The summed E-state index contributed by atoms with van der Waals surface area (Å²) in [5.74, 6) is 0.146. The fraction of sp³-hybridized carbons (Fsp3) is 0.286. The number of nitrogens with zero attached hydrogens (tertiary/aromatic N) is 2. The van der Waals surface area contributed by atoms with E-state index in [4.69, 9.17) is 0 Å².